The molecule has 0 radical (unpaired) electrons. The lowest BCUT2D eigenvalue weighted by atomic mass is 9.43. The van der Waals surface area contributed by atoms with Crippen LogP contribution in [-0.4, -0.2) is 33.6 Å². The summed E-state index contributed by atoms with van der Waals surface area (Å²) in [6, 6.07) is 0. The first-order valence-electron chi connectivity index (χ1n) is 11.8. The molecule has 0 bridgehead atoms. The first-order chi connectivity index (χ1) is 12.7. The second-order valence-corrected chi connectivity index (χ2v) is 11.3. The molecule has 4 rings (SSSR count). The summed E-state index contributed by atoms with van der Waals surface area (Å²) < 4.78 is 0. The van der Waals surface area contributed by atoms with Gasteiger partial charge >= 0.3 is 0 Å². The first kappa shape index (κ1) is 20.2. The molecule has 3 N–H and O–H groups in total. The summed E-state index contributed by atoms with van der Waals surface area (Å²) in [6.45, 7) is 9.42. The number of aliphatic hydroxyl groups excluding tert-OH is 3. The fourth-order valence-corrected chi connectivity index (χ4v) is 8.79. The van der Waals surface area contributed by atoms with E-state index in [0.29, 0.717) is 35.5 Å². The maximum absolute atomic E-state index is 11.5. The fraction of sp³-hybridized carbons (Fsp3) is 1.00. The Hall–Kier alpha value is -0.120. The van der Waals surface area contributed by atoms with Gasteiger partial charge in [0.25, 0.3) is 0 Å². The van der Waals surface area contributed by atoms with E-state index in [4.69, 9.17) is 0 Å². The highest BCUT2D eigenvalue weighted by atomic mass is 16.3. The smallest absolute Gasteiger partial charge is 0.0602 e. The molecule has 0 heterocycles. The molecule has 3 nitrogen and oxygen atoms in total. The summed E-state index contributed by atoms with van der Waals surface area (Å²) in [5.74, 6) is 2.86. The minimum Gasteiger partial charge on any atom is -0.393 e. The Balaban J connectivity index is 1.66. The third kappa shape index (κ3) is 2.86. The van der Waals surface area contributed by atoms with Crippen LogP contribution >= 0.6 is 0 Å². The summed E-state index contributed by atoms with van der Waals surface area (Å²) in [7, 11) is 0. The number of aliphatic hydroxyl groups is 3. The number of hydrogen-bond donors (Lipinski definition) is 3. The average Bonchev–Trinajstić information content (AvgIpc) is 2.96. The molecule has 27 heavy (non-hydrogen) atoms. The highest BCUT2D eigenvalue weighted by Gasteiger charge is 2.65. The van der Waals surface area contributed by atoms with Crippen LogP contribution in [0.25, 0.3) is 0 Å². The third-order valence-electron chi connectivity index (χ3n) is 10.3. The Morgan fingerprint density at radius 2 is 1.70 bits per heavy atom. The topological polar surface area (TPSA) is 60.7 Å². The summed E-state index contributed by atoms with van der Waals surface area (Å²) in [6.07, 6.45) is 8.64. The zero-order valence-electron chi connectivity index (χ0n) is 17.9. The van der Waals surface area contributed by atoms with E-state index in [-0.39, 0.29) is 29.1 Å². The molecule has 3 unspecified atom stereocenters. The fourth-order valence-electron chi connectivity index (χ4n) is 8.79. The van der Waals surface area contributed by atoms with Crippen molar-refractivity contribution >= 4 is 0 Å². The molecule has 156 valence electrons. The second-order valence-electron chi connectivity index (χ2n) is 11.3. The van der Waals surface area contributed by atoms with Gasteiger partial charge in [-0.1, -0.05) is 40.5 Å². The predicted molar refractivity (Wildman–Crippen MR) is 108 cm³/mol. The molecule has 0 amide bonds. The number of rotatable bonds is 3. The van der Waals surface area contributed by atoms with Crippen LogP contribution in [0.4, 0.5) is 0 Å². The normalized spacial score (nSPS) is 56.1. The summed E-state index contributed by atoms with van der Waals surface area (Å²) in [5, 5.41) is 32.9. The predicted octanol–water partition coefficient (Wildman–Crippen LogP) is 4.38. The molecule has 4 aliphatic rings. The van der Waals surface area contributed by atoms with Crippen molar-refractivity contribution in [2.75, 3.05) is 0 Å². The van der Waals surface area contributed by atoms with Gasteiger partial charge in [-0.2, -0.15) is 0 Å². The standard InChI is InChI=1S/C24H42O3/c1-5-6-14(2)17-7-8-18-22-19(13-21(27)24(17,18)4)23(3)10-9-16(25)11-15(23)12-20(22)26/h14-22,25-27H,5-13H2,1-4H3/t14-,15+,16-,17-,18?,19?,20-,21+,22?,23+,24-/m1/s1. The van der Waals surface area contributed by atoms with Gasteiger partial charge in [0.05, 0.1) is 18.3 Å². The van der Waals surface area contributed by atoms with Crippen molar-refractivity contribution in [2.45, 2.75) is 104 Å². The molecule has 3 heteroatoms. The van der Waals surface area contributed by atoms with Crippen LogP contribution in [0.5, 0.6) is 0 Å². The number of hydrogen-bond acceptors (Lipinski definition) is 3. The van der Waals surface area contributed by atoms with E-state index in [2.05, 4.69) is 27.7 Å². The van der Waals surface area contributed by atoms with Crippen molar-refractivity contribution in [1.82, 2.24) is 0 Å². The van der Waals surface area contributed by atoms with Gasteiger partial charge in [-0.3, -0.25) is 0 Å². The molecule has 0 aromatic carbocycles. The monoisotopic (exact) mass is 378 g/mol. The molecule has 0 aliphatic heterocycles. The van der Waals surface area contributed by atoms with Crippen LogP contribution in [0.15, 0.2) is 0 Å². The largest absolute Gasteiger partial charge is 0.393 e. The summed E-state index contributed by atoms with van der Waals surface area (Å²) in [5.41, 5.74) is 0.146. The summed E-state index contributed by atoms with van der Waals surface area (Å²) in [4.78, 5) is 0. The van der Waals surface area contributed by atoms with E-state index in [1.54, 1.807) is 0 Å². The van der Waals surface area contributed by atoms with Crippen molar-refractivity contribution in [2.24, 2.45) is 46.3 Å². The van der Waals surface area contributed by atoms with Crippen LogP contribution in [0, 0.1) is 46.3 Å². The Kier molecular flexibility index (Phi) is 5.22. The van der Waals surface area contributed by atoms with Crippen molar-refractivity contribution in [3.8, 4) is 0 Å². The Labute approximate surface area is 165 Å². The van der Waals surface area contributed by atoms with E-state index in [1.165, 1.54) is 25.7 Å². The lowest BCUT2D eigenvalue weighted by molar-refractivity contribution is -0.207. The minimum atomic E-state index is -0.254. The van der Waals surface area contributed by atoms with Crippen LogP contribution in [0.2, 0.25) is 0 Å². The molecule has 11 atom stereocenters. The Morgan fingerprint density at radius 1 is 0.963 bits per heavy atom. The molecule has 0 spiro atoms. The van der Waals surface area contributed by atoms with Crippen molar-refractivity contribution < 1.29 is 15.3 Å². The quantitative estimate of drug-likeness (QED) is 0.683. The molecular weight excluding hydrogens is 336 g/mol. The highest BCUT2D eigenvalue weighted by molar-refractivity contribution is 5.14. The van der Waals surface area contributed by atoms with Gasteiger partial charge in [0.2, 0.25) is 0 Å². The molecule has 4 saturated carbocycles. The molecule has 4 fully saturated rings. The Bertz CT molecular complexity index is 550. The van der Waals surface area contributed by atoms with Gasteiger partial charge in [-0.25, -0.2) is 0 Å². The first-order valence-corrected chi connectivity index (χ1v) is 11.8. The van der Waals surface area contributed by atoms with Crippen LogP contribution in [-0.2, 0) is 0 Å². The van der Waals surface area contributed by atoms with Gasteiger partial charge in [0, 0.05) is 0 Å². The van der Waals surface area contributed by atoms with Crippen molar-refractivity contribution in [3.05, 3.63) is 0 Å². The van der Waals surface area contributed by atoms with Crippen LogP contribution < -0.4 is 0 Å². The Morgan fingerprint density at radius 3 is 2.41 bits per heavy atom. The van der Waals surface area contributed by atoms with Gasteiger partial charge in [0.1, 0.15) is 0 Å². The minimum absolute atomic E-state index is 0.0336. The highest BCUT2D eigenvalue weighted by Crippen LogP contribution is 2.68. The lowest BCUT2D eigenvalue weighted by Crippen LogP contribution is -2.62. The molecular formula is C24H42O3. The van der Waals surface area contributed by atoms with Gasteiger partial charge in [-0.15, -0.1) is 0 Å². The van der Waals surface area contributed by atoms with Crippen LogP contribution in [0.1, 0.15) is 85.5 Å². The van der Waals surface area contributed by atoms with E-state index in [0.717, 1.165) is 32.1 Å². The zero-order valence-corrected chi connectivity index (χ0v) is 17.9. The zero-order chi connectivity index (χ0) is 19.6. The van der Waals surface area contributed by atoms with Crippen molar-refractivity contribution in [1.29, 1.82) is 0 Å². The summed E-state index contributed by atoms with van der Waals surface area (Å²) >= 11 is 0. The van der Waals surface area contributed by atoms with E-state index in [1.807, 2.05) is 0 Å². The third-order valence-corrected chi connectivity index (χ3v) is 10.3. The van der Waals surface area contributed by atoms with E-state index >= 15 is 0 Å². The van der Waals surface area contributed by atoms with Gasteiger partial charge in [-0.05, 0) is 91.3 Å². The van der Waals surface area contributed by atoms with Crippen molar-refractivity contribution in [3.63, 3.8) is 0 Å². The molecule has 0 saturated heterocycles. The van der Waals surface area contributed by atoms with Crippen LogP contribution in [0.3, 0.4) is 0 Å². The molecule has 4 aliphatic carbocycles. The average molecular weight is 379 g/mol. The maximum atomic E-state index is 11.5. The molecule has 0 aromatic rings. The lowest BCUT2D eigenvalue weighted by Gasteiger charge is -2.63. The van der Waals surface area contributed by atoms with E-state index < -0.39 is 0 Å². The van der Waals surface area contributed by atoms with E-state index in [9.17, 15) is 15.3 Å². The maximum Gasteiger partial charge on any atom is 0.0602 e. The van der Waals surface area contributed by atoms with Gasteiger partial charge < -0.3 is 15.3 Å². The van der Waals surface area contributed by atoms with Gasteiger partial charge in [0.15, 0.2) is 0 Å². The molecule has 0 aromatic heterocycles. The number of fused-ring (bicyclic) bond motifs is 5. The second kappa shape index (κ2) is 6.99. The SMILES string of the molecule is CCC[C@@H](C)[C@H]1CCC2C3C(C[C@H](O)[C@@]21C)[C@@]1(C)CC[C@@H](O)C[C@H]1C[C@H]3O.